The maximum atomic E-state index is 13.4. The molecule has 0 aliphatic rings. The molecule has 4 nitrogen and oxygen atoms in total. The van der Waals surface area contributed by atoms with Gasteiger partial charge < -0.3 is 4.74 Å². The van der Waals surface area contributed by atoms with Crippen molar-refractivity contribution >= 4 is 5.69 Å². The molecule has 138 valence electrons. The predicted octanol–water partition coefficient (Wildman–Crippen LogP) is 6.38. The quantitative estimate of drug-likeness (QED) is 0.394. The molecule has 0 aliphatic carbocycles. The monoisotopic (exact) mass is 373 g/mol. The van der Waals surface area contributed by atoms with E-state index in [4.69, 9.17) is 4.74 Å². The summed E-state index contributed by atoms with van der Waals surface area (Å²) in [6.07, 6.45) is -4.79. The molecular formula is C20H14F3NO3. The number of non-ortho nitro benzene ring substituents is 1. The van der Waals surface area contributed by atoms with Crippen molar-refractivity contribution in [3.8, 4) is 22.6 Å². The molecule has 3 aromatic carbocycles. The minimum atomic E-state index is -4.79. The van der Waals surface area contributed by atoms with Crippen LogP contribution in [0.2, 0.25) is 0 Å². The van der Waals surface area contributed by atoms with E-state index in [-0.39, 0.29) is 5.75 Å². The van der Waals surface area contributed by atoms with Gasteiger partial charge >= 0.3 is 6.18 Å². The Kier molecular flexibility index (Phi) is 4.85. The normalized spacial score (nSPS) is 11.3. The van der Waals surface area contributed by atoms with E-state index in [0.717, 1.165) is 23.3 Å². The number of aryl methyl sites for hydroxylation is 1. The van der Waals surface area contributed by atoms with Gasteiger partial charge in [0.05, 0.1) is 4.92 Å². The molecule has 0 bridgehead atoms. The Balaban J connectivity index is 2.06. The van der Waals surface area contributed by atoms with Crippen molar-refractivity contribution in [2.24, 2.45) is 0 Å². The third-order valence-electron chi connectivity index (χ3n) is 3.95. The molecule has 3 rings (SSSR count). The fraction of sp³-hybridized carbons (Fsp3) is 0.100. The first-order chi connectivity index (χ1) is 12.8. The number of halogens is 3. The summed E-state index contributed by atoms with van der Waals surface area (Å²) in [6.45, 7) is 1.93. The van der Waals surface area contributed by atoms with Gasteiger partial charge in [0.15, 0.2) is 0 Å². The topological polar surface area (TPSA) is 52.4 Å². The summed E-state index contributed by atoms with van der Waals surface area (Å²) in [4.78, 5) is 9.94. The molecule has 0 aliphatic heterocycles. The highest BCUT2D eigenvalue weighted by atomic mass is 19.4. The molecule has 0 radical (unpaired) electrons. The van der Waals surface area contributed by atoms with Crippen LogP contribution in [0.1, 0.15) is 11.1 Å². The van der Waals surface area contributed by atoms with Gasteiger partial charge in [0.1, 0.15) is 17.1 Å². The van der Waals surface area contributed by atoms with Gasteiger partial charge in [0.25, 0.3) is 5.69 Å². The number of hydrogen-bond acceptors (Lipinski definition) is 3. The fourth-order valence-electron chi connectivity index (χ4n) is 2.59. The molecule has 0 saturated heterocycles. The molecule has 0 spiro atoms. The Bertz CT molecular complexity index is 983. The average molecular weight is 373 g/mol. The van der Waals surface area contributed by atoms with E-state index in [9.17, 15) is 23.3 Å². The van der Waals surface area contributed by atoms with Gasteiger partial charge in [0.2, 0.25) is 0 Å². The first-order valence-electron chi connectivity index (χ1n) is 7.95. The van der Waals surface area contributed by atoms with Crippen LogP contribution in [0.4, 0.5) is 18.9 Å². The minimum Gasteiger partial charge on any atom is -0.456 e. The molecule has 0 saturated carbocycles. The zero-order chi connectivity index (χ0) is 19.6. The second kappa shape index (κ2) is 7.11. The van der Waals surface area contributed by atoms with Crippen molar-refractivity contribution in [3.05, 3.63) is 88.0 Å². The van der Waals surface area contributed by atoms with E-state index >= 15 is 0 Å². The first-order valence-corrected chi connectivity index (χ1v) is 7.95. The lowest BCUT2D eigenvalue weighted by atomic mass is 10.0. The summed E-state index contributed by atoms with van der Waals surface area (Å²) in [7, 11) is 0. The number of alkyl halides is 3. The molecule has 0 unspecified atom stereocenters. The summed E-state index contributed by atoms with van der Waals surface area (Å²) in [6, 6.07) is 16.6. The summed E-state index contributed by atoms with van der Waals surface area (Å²) in [5.41, 5.74) is 0.597. The Hall–Kier alpha value is -3.35. The summed E-state index contributed by atoms with van der Waals surface area (Å²) in [5.74, 6) is -0.270. The molecule has 0 fully saturated rings. The van der Waals surface area contributed by atoms with Crippen molar-refractivity contribution < 1.29 is 22.8 Å². The highest BCUT2D eigenvalue weighted by molar-refractivity contribution is 5.71. The molecule has 0 N–H and O–H groups in total. The number of nitrogens with zero attached hydrogens (tertiary/aromatic N) is 1. The van der Waals surface area contributed by atoms with Crippen molar-refractivity contribution in [2.45, 2.75) is 13.1 Å². The SMILES string of the molecule is Cc1ccc(-c2ccccc2Oc2ccc([N+](=O)[O-])cc2C(F)(F)F)cc1. The molecule has 27 heavy (non-hydrogen) atoms. The average Bonchev–Trinajstić information content (AvgIpc) is 2.62. The van der Waals surface area contributed by atoms with Gasteiger partial charge in [-0.3, -0.25) is 10.1 Å². The van der Waals surface area contributed by atoms with Crippen molar-refractivity contribution in [3.63, 3.8) is 0 Å². The van der Waals surface area contributed by atoms with Crippen LogP contribution in [-0.2, 0) is 6.18 Å². The van der Waals surface area contributed by atoms with Gasteiger partial charge in [-0.2, -0.15) is 13.2 Å². The van der Waals surface area contributed by atoms with Crippen molar-refractivity contribution in [1.82, 2.24) is 0 Å². The van der Waals surface area contributed by atoms with E-state index in [2.05, 4.69) is 0 Å². The number of nitro groups is 1. The van der Waals surface area contributed by atoms with Crippen LogP contribution in [0.3, 0.4) is 0 Å². The molecular weight excluding hydrogens is 359 g/mol. The Morgan fingerprint density at radius 1 is 0.926 bits per heavy atom. The molecule has 7 heteroatoms. The zero-order valence-electron chi connectivity index (χ0n) is 14.2. The number of rotatable bonds is 4. The zero-order valence-corrected chi connectivity index (χ0v) is 14.2. The highest BCUT2D eigenvalue weighted by Gasteiger charge is 2.36. The smallest absolute Gasteiger partial charge is 0.420 e. The Morgan fingerprint density at radius 2 is 1.59 bits per heavy atom. The van der Waals surface area contributed by atoms with Gasteiger partial charge in [-0.1, -0.05) is 48.0 Å². The highest BCUT2D eigenvalue weighted by Crippen LogP contribution is 2.42. The second-order valence-corrected chi connectivity index (χ2v) is 5.90. The van der Waals surface area contributed by atoms with Crippen LogP contribution in [-0.4, -0.2) is 4.92 Å². The van der Waals surface area contributed by atoms with Crippen molar-refractivity contribution in [1.29, 1.82) is 0 Å². The second-order valence-electron chi connectivity index (χ2n) is 5.90. The number of para-hydroxylation sites is 1. The van der Waals surface area contributed by atoms with E-state index in [1.54, 1.807) is 24.3 Å². The lowest BCUT2D eigenvalue weighted by molar-refractivity contribution is -0.385. The maximum Gasteiger partial charge on any atom is 0.420 e. The van der Waals surface area contributed by atoms with Crippen molar-refractivity contribution in [2.75, 3.05) is 0 Å². The van der Waals surface area contributed by atoms with Gasteiger partial charge in [-0.25, -0.2) is 0 Å². The van der Waals surface area contributed by atoms with Crippen LogP contribution in [0.25, 0.3) is 11.1 Å². The number of benzene rings is 3. The fourth-order valence-corrected chi connectivity index (χ4v) is 2.59. The standard InChI is InChI=1S/C20H14F3NO3/c1-13-6-8-14(9-7-13)16-4-2-3-5-18(16)27-19-11-10-15(24(25)26)12-17(19)20(21,22)23/h2-12H,1H3. The third-order valence-corrected chi connectivity index (χ3v) is 3.95. The lowest BCUT2D eigenvalue weighted by Gasteiger charge is -2.16. The lowest BCUT2D eigenvalue weighted by Crippen LogP contribution is -2.08. The van der Waals surface area contributed by atoms with E-state index in [0.29, 0.717) is 11.6 Å². The summed E-state index contributed by atoms with van der Waals surface area (Å²) < 4.78 is 45.6. The molecule has 0 aromatic heterocycles. The Morgan fingerprint density at radius 3 is 2.22 bits per heavy atom. The van der Waals surface area contributed by atoms with Gasteiger partial charge in [-0.15, -0.1) is 0 Å². The minimum absolute atomic E-state index is 0.223. The van der Waals surface area contributed by atoms with Crippen LogP contribution in [0, 0.1) is 17.0 Å². The molecule has 0 atom stereocenters. The van der Waals surface area contributed by atoms with Crippen LogP contribution in [0.5, 0.6) is 11.5 Å². The predicted molar refractivity (Wildman–Crippen MR) is 94.8 cm³/mol. The number of hydrogen-bond donors (Lipinski definition) is 0. The Labute approximate surface area is 153 Å². The van der Waals surface area contributed by atoms with Crippen LogP contribution in [0.15, 0.2) is 66.7 Å². The van der Waals surface area contributed by atoms with E-state index < -0.39 is 28.1 Å². The molecule has 0 amide bonds. The summed E-state index contributed by atoms with van der Waals surface area (Å²) >= 11 is 0. The maximum absolute atomic E-state index is 13.4. The van der Waals surface area contributed by atoms with E-state index in [1.165, 1.54) is 0 Å². The number of nitro benzene ring substituents is 1. The van der Waals surface area contributed by atoms with Gasteiger partial charge in [-0.05, 0) is 24.6 Å². The van der Waals surface area contributed by atoms with Gasteiger partial charge in [0, 0.05) is 17.7 Å². The largest absolute Gasteiger partial charge is 0.456 e. The molecule has 3 aromatic rings. The van der Waals surface area contributed by atoms with Crippen LogP contribution >= 0.6 is 0 Å². The number of ether oxygens (including phenoxy) is 1. The third kappa shape index (κ3) is 4.08. The first kappa shape index (κ1) is 18.4. The van der Waals surface area contributed by atoms with Crippen LogP contribution < -0.4 is 4.74 Å². The summed E-state index contributed by atoms with van der Waals surface area (Å²) in [5, 5.41) is 10.8. The van der Waals surface area contributed by atoms with E-state index in [1.807, 2.05) is 31.2 Å². The molecule has 0 heterocycles.